The van der Waals surface area contributed by atoms with Crippen LogP contribution in [-0.2, 0) is 61.3 Å². The van der Waals surface area contributed by atoms with E-state index in [1.54, 1.807) is 17.3 Å². The normalized spacial score (nSPS) is 16.5. The number of fused-ring (bicyclic) bond motifs is 3. The van der Waals surface area contributed by atoms with Crippen LogP contribution in [0, 0.1) is 12.3 Å². The smallest absolute Gasteiger partial charge is 0.238 e. The number of hydrogen-bond acceptors (Lipinski definition) is 13. The second-order valence-corrected chi connectivity index (χ2v) is 16.8. The van der Waals surface area contributed by atoms with Gasteiger partial charge in [-0.25, -0.2) is 4.98 Å². The number of amides is 2. The molecule has 0 atom stereocenters. The quantitative estimate of drug-likeness (QED) is 0.0679. The number of ether oxygens (including phenoxy) is 7. The number of pyridine rings is 1. The zero-order chi connectivity index (χ0) is 45.5. The first-order valence-corrected chi connectivity index (χ1v) is 23.5. The number of hydrogen-bond donors (Lipinski definition) is 0. The van der Waals surface area contributed by atoms with Crippen LogP contribution in [0.25, 0.3) is 11.0 Å². The number of unbranched alkanes of at least 4 members (excludes halogenated alkanes) is 1. The molecule has 5 heterocycles. The van der Waals surface area contributed by atoms with Gasteiger partial charge in [0.1, 0.15) is 12.4 Å². The first kappa shape index (κ1) is 50.6. The fraction of sp³-hybridized carbons (Fsp3) is 0.660. The maximum absolute atomic E-state index is 14.4. The SMILES string of the molecule is C#CCOCCOCCOCCOCCN1CCN(CCOCCOCCOCCC(=O)N2CCC3(CC2)C(=O)N(Cc2nc4cc(Cl)ccc4n2CCCCF)c2cnccc23)CC1. The van der Waals surface area contributed by atoms with Gasteiger partial charge >= 0.3 is 0 Å². The Balaban J connectivity index is 0.777. The summed E-state index contributed by atoms with van der Waals surface area (Å²) in [7, 11) is 0. The van der Waals surface area contributed by atoms with Gasteiger partial charge in [-0.2, -0.15) is 0 Å². The third kappa shape index (κ3) is 15.1. The Morgan fingerprint density at radius 3 is 1.94 bits per heavy atom. The van der Waals surface area contributed by atoms with Crippen molar-refractivity contribution in [3.63, 3.8) is 0 Å². The maximum atomic E-state index is 14.4. The van der Waals surface area contributed by atoms with Crippen molar-refractivity contribution in [3.8, 4) is 12.3 Å². The first-order valence-electron chi connectivity index (χ1n) is 23.1. The molecule has 2 amide bonds. The topological polar surface area (TPSA) is 142 Å². The summed E-state index contributed by atoms with van der Waals surface area (Å²) in [5.74, 6) is 3.13. The fourth-order valence-corrected chi connectivity index (χ4v) is 8.74. The number of carbonyl (C=O) groups is 2. The van der Waals surface area contributed by atoms with Gasteiger partial charge < -0.3 is 47.5 Å². The summed E-state index contributed by atoms with van der Waals surface area (Å²) in [4.78, 5) is 45.3. The van der Waals surface area contributed by atoms with E-state index >= 15 is 0 Å². The van der Waals surface area contributed by atoms with E-state index in [9.17, 15) is 14.0 Å². The summed E-state index contributed by atoms with van der Waals surface area (Å²) in [6, 6.07) is 7.48. The third-order valence-electron chi connectivity index (χ3n) is 12.2. The van der Waals surface area contributed by atoms with Crippen LogP contribution in [0.1, 0.15) is 43.5 Å². The van der Waals surface area contributed by atoms with E-state index in [1.165, 1.54) is 0 Å². The molecule has 65 heavy (non-hydrogen) atoms. The van der Waals surface area contributed by atoms with Crippen molar-refractivity contribution in [1.82, 2.24) is 29.2 Å². The molecule has 16 nitrogen and oxygen atoms in total. The monoisotopic (exact) mass is 927 g/mol. The van der Waals surface area contributed by atoms with Gasteiger partial charge in [-0.05, 0) is 55.5 Å². The van der Waals surface area contributed by atoms with Crippen LogP contribution in [0.3, 0.4) is 0 Å². The molecule has 0 aliphatic carbocycles. The van der Waals surface area contributed by atoms with Crippen LogP contribution in [-0.4, -0.2) is 193 Å². The molecule has 0 N–H and O–H groups in total. The summed E-state index contributed by atoms with van der Waals surface area (Å²) >= 11 is 6.29. The molecule has 0 saturated carbocycles. The van der Waals surface area contributed by atoms with Gasteiger partial charge in [0, 0.05) is 70.1 Å². The summed E-state index contributed by atoms with van der Waals surface area (Å²) < 4.78 is 54.1. The molecule has 2 aromatic heterocycles. The molecule has 3 aliphatic rings. The van der Waals surface area contributed by atoms with Gasteiger partial charge in [0.05, 0.1) is 134 Å². The Morgan fingerprint density at radius 2 is 1.34 bits per heavy atom. The molecule has 3 aromatic rings. The molecule has 2 fully saturated rings. The number of anilines is 1. The minimum atomic E-state index is -0.748. The molecule has 0 radical (unpaired) electrons. The number of terminal acetylenes is 1. The van der Waals surface area contributed by atoms with E-state index in [-0.39, 0.29) is 31.5 Å². The lowest BCUT2D eigenvalue weighted by Gasteiger charge is -2.38. The van der Waals surface area contributed by atoms with Gasteiger partial charge in [-0.15, -0.1) is 6.42 Å². The van der Waals surface area contributed by atoms with Crippen molar-refractivity contribution in [2.75, 3.05) is 156 Å². The average molecular weight is 929 g/mol. The zero-order valence-corrected chi connectivity index (χ0v) is 38.6. The number of imidazole rings is 1. The van der Waals surface area contributed by atoms with E-state index in [2.05, 4.69) is 25.3 Å². The van der Waals surface area contributed by atoms with E-state index in [0.29, 0.717) is 149 Å². The zero-order valence-electron chi connectivity index (χ0n) is 37.8. The van der Waals surface area contributed by atoms with Crippen LogP contribution in [0.4, 0.5) is 10.1 Å². The van der Waals surface area contributed by atoms with Crippen LogP contribution in [0.5, 0.6) is 0 Å². The lowest BCUT2D eigenvalue weighted by molar-refractivity contribution is -0.136. The number of aromatic nitrogens is 3. The standard InChI is InChI=1S/C47H67ClFN7O9/c1-2-22-59-26-30-63-34-35-65-33-29-62-25-21-53-18-16-52(17-19-53)20-24-61-28-32-64-31-27-60-23-8-45(57)54-14-9-47(10-15-54)40-7-12-50-37-43(40)56(46(47)58)38-44-51-41-36-39(48)5-6-42(41)55(44)13-4-3-11-49/h1,5-7,12,36-37H,3-4,8-11,13-35,38H2. The van der Waals surface area contributed by atoms with E-state index in [4.69, 9.17) is 56.2 Å². The minimum Gasteiger partial charge on any atom is -0.379 e. The molecule has 6 rings (SSSR count). The van der Waals surface area contributed by atoms with Crippen molar-refractivity contribution in [2.45, 2.75) is 50.6 Å². The number of alkyl halides is 1. The Bertz CT molecular complexity index is 1940. The van der Waals surface area contributed by atoms with Crippen molar-refractivity contribution < 1.29 is 47.1 Å². The van der Waals surface area contributed by atoms with Gasteiger partial charge in [0.2, 0.25) is 11.8 Å². The van der Waals surface area contributed by atoms with Crippen molar-refractivity contribution in [1.29, 1.82) is 0 Å². The number of piperidine rings is 1. The van der Waals surface area contributed by atoms with Crippen LogP contribution >= 0.6 is 11.6 Å². The van der Waals surface area contributed by atoms with Gasteiger partial charge in [-0.3, -0.25) is 28.8 Å². The van der Waals surface area contributed by atoms with Gasteiger partial charge in [0.15, 0.2) is 0 Å². The number of likely N-dealkylation sites (tertiary alicyclic amines) is 1. The van der Waals surface area contributed by atoms with Gasteiger partial charge in [-0.1, -0.05) is 17.5 Å². The number of benzene rings is 1. The Hall–Kier alpha value is -3.80. The Kier molecular flexibility index (Phi) is 21.6. The highest BCUT2D eigenvalue weighted by Crippen LogP contribution is 2.48. The highest BCUT2D eigenvalue weighted by atomic mass is 35.5. The largest absolute Gasteiger partial charge is 0.379 e. The lowest BCUT2D eigenvalue weighted by Crippen LogP contribution is -2.50. The summed E-state index contributed by atoms with van der Waals surface area (Å²) in [6.45, 7) is 14.2. The third-order valence-corrected chi connectivity index (χ3v) is 12.4. The Morgan fingerprint density at radius 1 is 0.754 bits per heavy atom. The second kappa shape index (κ2) is 27.7. The second-order valence-electron chi connectivity index (χ2n) is 16.3. The van der Waals surface area contributed by atoms with Crippen LogP contribution in [0.15, 0.2) is 36.7 Å². The fourth-order valence-electron chi connectivity index (χ4n) is 8.57. The number of aryl methyl sites for hydroxylation is 1. The number of piperazine rings is 1. The predicted octanol–water partition coefficient (Wildman–Crippen LogP) is 4.00. The highest BCUT2D eigenvalue weighted by Gasteiger charge is 2.52. The number of rotatable bonds is 31. The molecular formula is C47H67ClFN7O9. The van der Waals surface area contributed by atoms with Crippen molar-refractivity contribution in [2.24, 2.45) is 0 Å². The number of halogens is 2. The molecule has 0 unspecified atom stereocenters. The summed E-state index contributed by atoms with van der Waals surface area (Å²) in [5, 5.41) is 0.576. The molecule has 0 bridgehead atoms. The average Bonchev–Trinajstić information content (AvgIpc) is 3.77. The highest BCUT2D eigenvalue weighted by molar-refractivity contribution is 6.31. The minimum absolute atomic E-state index is 0.00752. The molecule has 358 valence electrons. The molecule has 18 heteroatoms. The summed E-state index contributed by atoms with van der Waals surface area (Å²) in [5.41, 5.74) is 2.59. The number of carbonyl (C=O) groups excluding carboxylic acids is 2. The van der Waals surface area contributed by atoms with Crippen molar-refractivity contribution in [3.05, 3.63) is 53.1 Å². The van der Waals surface area contributed by atoms with E-state index in [1.807, 2.05) is 29.2 Å². The van der Waals surface area contributed by atoms with Crippen LogP contribution < -0.4 is 4.90 Å². The van der Waals surface area contributed by atoms with Crippen molar-refractivity contribution >= 4 is 40.1 Å². The van der Waals surface area contributed by atoms with Gasteiger partial charge in [0.25, 0.3) is 0 Å². The first-order chi connectivity index (χ1) is 31.9. The number of nitrogens with zero attached hydrogens (tertiary/aromatic N) is 7. The molecule has 1 spiro atoms. The lowest BCUT2D eigenvalue weighted by atomic mass is 9.74. The predicted molar refractivity (Wildman–Crippen MR) is 245 cm³/mol. The molecular weight excluding hydrogens is 861 g/mol. The maximum Gasteiger partial charge on any atom is 0.238 e. The summed E-state index contributed by atoms with van der Waals surface area (Å²) in [6.07, 6.45) is 11.0. The van der Waals surface area contributed by atoms with Crippen LogP contribution in [0.2, 0.25) is 5.02 Å². The molecule has 1 aromatic carbocycles. The molecule has 3 aliphatic heterocycles. The van der Waals surface area contributed by atoms with E-state index < -0.39 is 5.41 Å². The van der Waals surface area contributed by atoms with E-state index in [0.717, 1.165) is 61.6 Å². The Labute approximate surface area is 387 Å². The molecule has 2 saturated heterocycles.